The molecule has 1 saturated heterocycles. The molecule has 0 N–H and O–H groups in total. The largest absolute Gasteiger partial charge is 0.496 e. The number of ether oxygens (including phenoxy) is 1. The van der Waals surface area contributed by atoms with Crippen molar-refractivity contribution in [3.63, 3.8) is 0 Å². The van der Waals surface area contributed by atoms with Crippen molar-refractivity contribution < 1.29 is 13.2 Å². The standard InChI is InChI=1S/C16H25NO3S/c1-4-10-21(18,19)17-9-5-6-15(17)12-14-7-8-16(20-3)13(2)11-14/h7-8,11,15H,4-6,9-10,12H2,1-3H3. The third kappa shape index (κ3) is 3.77. The molecule has 0 bridgehead atoms. The maximum absolute atomic E-state index is 12.3. The average molecular weight is 311 g/mol. The number of benzene rings is 1. The molecule has 0 saturated carbocycles. The first kappa shape index (κ1) is 16.3. The molecule has 0 spiro atoms. The molecule has 1 aliphatic rings. The van der Waals surface area contributed by atoms with Gasteiger partial charge in [-0.2, -0.15) is 4.31 Å². The van der Waals surface area contributed by atoms with E-state index in [1.54, 1.807) is 11.4 Å². The number of rotatable bonds is 6. The third-order valence-electron chi connectivity index (χ3n) is 4.07. The minimum absolute atomic E-state index is 0.106. The van der Waals surface area contributed by atoms with E-state index in [0.29, 0.717) is 13.0 Å². The fourth-order valence-corrected chi connectivity index (χ4v) is 4.89. The van der Waals surface area contributed by atoms with Gasteiger partial charge in [0.15, 0.2) is 0 Å². The predicted molar refractivity (Wildman–Crippen MR) is 85.2 cm³/mol. The lowest BCUT2D eigenvalue weighted by Crippen LogP contribution is -2.38. The number of sulfonamides is 1. The number of hydrogen-bond acceptors (Lipinski definition) is 3. The smallest absolute Gasteiger partial charge is 0.214 e. The SMILES string of the molecule is CCCS(=O)(=O)N1CCCC1Cc1ccc(OC)c(C)c1. The molecule has 0 aromatic heterocycles. The van der Waals surface area contributed by atoms with Crippen LogP contribution in [0.3, 0.4) is 0 Å². The van der Waals surface area contributed by atoms with E-state index in [4.69, 9.17) is 4.74 Å². The Hall–Kier alpha value is -1.07. The molecule has 1 aromatic carbocycles. The van der Waals surface area contributed by atoms with Gasteiger partial charge in [0.25, 0.3) is 0 Å². The second-order valence-electron chi connectivity index (χ2n) is 5.73. The Balaban J connectivity index is 2.13. The summed E-state index contributed by atoms with van der Waals surface area (Å²) in [5.74, 6) is 1.13. The van der Waals surface area contributed by atoms with Crippen molar-refractivity contribution in [3.8, 4) is 5.75 Å². The van der Waals surface area contributed by atoms with Crippen LogP contribution in [0.5, 0.6) is 5.75 Å². The molecule has 5 heteroatoms. The second-order valence-corrected chi connectivity index (χ2v) is 7.77. The second kappa shape index (κ2) is 6.79. The summed E-state index contributed by atoms with van der Waals surface area (Å²) in [4.78, 5) is 0. The minimum atomic E-state index is -3.09. The van der Waals surface area contributed by atoms with Crippen LogP contribution in [-0.4, -0.2) is 38.2 Å². The van der Waals surface area contributed by atoms with Gasteiger partial charge in [-0.05, 0) is 49.8 Å². The van der Waals surface area contributed by atoms with Gasteiger partial charge < -0.3 is 4.74 Å². The molecule has 0 amide bonds. The maximum atomic E-state index is 12.3. The van der Waals surface area contributed by atoms with E-state index in [2.05, 4.69) is 6.07 Å². The molecular formula is C16H25NO3S. The van der Waals surface area contributed by atoms with E-state index in [9.17, 15) is 8.42 Å². The molecule has 4 nitrogen and oxygen atoms in total. The van der Waals surface area contributed by atoms with Crippen molar-refractivity contribution >= 4 is 10.0 Å². The molecule has 2 rings (SSSR count). The predicted octanol–water partition coefficient (Wildman–Crippen LogP) is 2.75. The molecule has 118 valence electrons. The average Bonchev–Trinajstić information content (AvgIpc) is 2.88. The van der Waals surface area contributed by atoms with Crippen LogP contribution in [-0.2, 0) is 16.4 Å². The number of methoxy groups -OCH3 is 1. The van der Waals surface area contributed by atoms with Gasteiger partial charge in [-0.15, -0.1) is 0 Å². The van der Waals surface area contributed by atoms with Crippen molar-refractivity contribution in [2.45, 2.75) is 45.6 Å². The molecule has 1 aromatic rings. The molecule has 1 heterocycles. The van der Waals surface area contributed by atoms with Gasteiger partial charge in [-0.25, -0.2) is 8.42 Å². The van der Waals surface area contributed by atoms with E-state index < -0.39 is 10.0 Å². The van der Waals surface area contributed by atoms with Gasteiger partial charge in [-0.1, -0.05) is 19.1 Å². The van der Waals surface area contributed by atoms with Gasteiger partial charge in [-0.3, -0.25) is 0 Å². The Morgan fingerprint density at radius 2 is 2.14 bits per heavy atom. The molecule has 1 aliphatic heterocycles. The first-order valence-corrected chi connectivity index (χ1v) is 9.22. The van der Waals surface area contributed by atoms with Gasteiger partial charge in [0.1, 0.15) is 5.75 Å². The fraction of sp³-hybridized carbons (Fsp3) is 0.625. The minimum Gasteiger partial charge on any atom is -0.496 e. The summed E-state index contributed by atoms with van der Waals surface area (Å²) in [7, 11) is -1.43. The lowest BCUT2D eigenvalue weighted by atomic mass is 10.0. The monoisotopic (exact) mass is 311 g/mol. The van der Waals surface area contributed by atoms with E-state index in [1.165, 1.54) is 5.56 Å². The van der Waals surface area contributed by atoms with Gasteiger partial charge >= 0.3 is 0 Å². The lowest BCUT2D eigenvalue weighted by molar-refractivity contribution is 0.384. The molecule has 0 radical (unpaired) electrons. The van der Waals surface area contributed by atoms with Crippen LogP contribution in [0, 0.1) is 6.92 Å². The van der Waals surface area contributed by atoms with Crippen molar-refractivity contribution in [2.75, 3.05) is 19.4 Å². The molecule has 1 fully saturated rings. The normalized spacial score (nSPS) is 19.9. The molecular weight excluding hydrogens is 286 g/mol. The zero-order valence-corrected chi connectivity index (χ0v) is 13.9. The van der Waals surface area contributed by atoms with E-state index in [0.717, 1.165) is 30.6 Å². The van der Waals surface area contributed by atoms with Crippen LogP contribution in [0.25, 0.3) is 0 Å². The van der Waals surface area contributed by atoms with Crippen LogP contribution in [0.2, 0.25) is 0 Å². The van der Waals surface area contributed by atoms with Crippen LogP contribution >= 0.6 is 0 Å². The topological polar surface area (TPSA) is 46.6 Å². The van der Waals surface area contributed by atoms with Gasteiger partial charge in [0.2, 0.25) is 10.0 Å². The fourth-order valence-electron chi connectivity index (χ4n) is 3.09. The summed E-state index contributed by atoms with van der Waals surface area (Å²) in [6.45, 7) is 4.60. The van der Waals surface area contributed by atoms with Gasteiger partial charge in [0.05, 0.1) is 12.9 Å². The van der Waals surface area contributed by atoms with E-state index in [-0.39, 0.29) is 11.8 Å². The Morgan fingerprint density at radius 1 is 1.38 bits per heavy atom. The number of nitrogens with zero attached hydrogens (tertiary/aromatic N) is 1. The highest BCUT2D eigenvalue weighted by molar-refractivity contribution is 7.89. The zero-order chi connectivity index (χ0) is 15.5. The number of hydrogen-bond donors (Lipinski definition) is 0. The third-order valence-corrected chi connectivity index (χ3v) is 6.19. The van der Waals surface area contributed by atoms with Crippen molar-refractivity contribution in [2.24, 2.45) is 0 Å². The highest BCUT2D eigenvalue weighted by Gasteiger charge is 2.33. The summed E-state index contributed by atoms with van der Waals surface area (Å²) < 4.78 is 31.6. The lowest BCUT2D eigenvalue weighted by Gasteiger charge is -2.24. The summed E-state index contributed by atoms with van der Waals surface area (Å²) in [6.07, 6.45) is 3.37. The summed E-state index contributed by atoms with van der Waals surface area (Å²) >= 11 is 0. The molecule has 0 aliphatic carbocycles. The van der Waals surface area contributed by atoms with Crippen LogP contribution in [0.4, 0.5) is 0 Å². The quantitative estimate of drug-likeness (QED) is 0.811. The van der Waals surface area contributed by atoms with Crippen molar-refractivity contribution in [3.05, 3.63) is 29.3 Å². The summed E-state index contributed by atoms with van der Waals surface area (Å²) in [5.41, 5.74) is 2.27. The molecule has 1 atom stereocenters. The Kier molecular flexibility index (Phi) is 5.27. The van der Waals surface area contributed by atoms with Crippen LogP contribution in [0.1, 0.15) is 37.3 Å². The Labute approximate surface area is 128 Å². The summed E-state index contributed by atoms with van der Waals surface area (Å²) in [6, 6.07) is 6.20. The van der Waals surface area contributed by atoms with E-state index >= 15 is 0 Å². The summed E-state index contributed by atoms with van der Waals surface area (Å²) in [5, 5.41) is 0. The van der Waals surface area contributed by atoms with E-state index in [1.807, 2.05) is 26.0 Å². The highest BCUT2D eigenvalue weighted by atomic mass is 32.2. The molecule has 21 heavy (non-hydrogen) atoms. The Bertz CT molecular complexity index is 583. The first-order valence-electron chi connectivity index (χ1n) is 7.61. The van der Waals surface area contributed by atoms with Gasteiger partial charge in [0, 0.05) is 12.6 Å². The molecule has 1 unspecified atom stereocenters. The van der Waals surface area contributed by atoms with Crippen molar-refractivity contribution in [1.29, 1.82) is 0 Å². The number of aryl methyl sites for hydroxylation is 1. The Morgan fingerprint density at radius 3 is 2.76 bits per heavy atom. The van der Waals surface area contributed by atoms with Crippen molar-refractivity contribution in [1.82, 2.24) is 4.31 Å². The first-order chi connectivity index (χ1) is 9.97. The van der Waals surface area contributed by atoms with Crippen LogP contribution < -0.4 is 4.74 Å². The highest BCUT2D eigenvalue weighted by Crippen LogP contribution is 2.26. The van der Waals surface area contributed by atoms with Crippen LogP contribution in [0.15, 0.2) is 18.2 Å². The zero-order valence-electron chi connectivity index (χ0n) is 13.1. The maximum Gasteiger partial charge on any atom is 0.214 e.